The largest absolute Gasteiger partial charge is 0.488 e. The summed E-state index contributed by atoms with van der Waals surface area (Å²) >= 11 is 5.88. The molecule has 0 aliphatic rings. The third-order valence-corrected chi connectivity index (χ3v) is 4.16. The minimum absolute atomic E-state index is 0.168. The van der Waals surface area contributed by atoms with Crippen LogP contribution in [0, 0.1) is 10.1 Å². The van der Waals surface area contributed by atoms with Gasteiger partial charge in [0, 0.05) is 11.1 Å². The summed E-state index contributed by atoms with van der Waals surface area (Å²) in [6.07, 6.45) is 1.18. The zero-order valence-electron chi connectivity index (χ0n) is 15.1. The highest BCUT2D eigenvalue weighted by Crippen LogP contribution is 2.21. The number of nitrogens with zero attached hydrogens (tertiary/aromatic N) is 2. The van der Waals surface area contributed by atoms with Crippen LogP contribution < -0.4 is 10.2 Å². The van der Waals surface area contributed by atoms with E-state index in [1.165, 1.54) is 24.4 Å². The number of hydrogen-bond acceptors (Lipinski definition) is 5. The van der Waals surface area contributed by atoms with Crippen LogP contribution in [-0.2, 0) is 6.61 Å². The predicted molar refractivity (Wildman–Crippen MR) is 110 cm³/mol. The number of halogens is 1. The Balaban J connectivity index is 1.71. The van der Waals surface area contributed by atoms with E-state index in [4.69, 9.17) is 16.3 Å². The van der Waals surface area contributed by atoms with Crippen LogP contribution in [0.1, 0.15) is 21.5 Å². The maximum absolute atomic E-state index is 12.5. The van der Waals surface area contributed by atoms with E-state index in [9.17, 15) is 14.9 Å². The smallest absolute Gasteiger partial charge is 0.278 e. The van der Waals surface area contributed by atoms with E-state index in [-0.39, 0.29) is 11.3 Å². The maximum Gasteiger partial charge on any atom is 0.278 e. The third-order valence-electron chi connectivity index (χ3n) is 3.92. The lowest BCUT2D eigenvalue weighted by molar-refractivity contribution is -0.385. The van der Waals surface area contributed by atoms with Crippen molar-refractivity contribution in [1.82, 2.24) is 5.43 Å². The highest BCUT2D eigenvalue weighted by atomic mass is 35.5. The van der Waals surface area contributed by atoms with Gasteiger partial charge >= 0.3 is 0 Å². The Kier molecular flexibility index (Phi) is 6.55. The summed E-state index contributed by atoms with van der Waals surface area (Å²) in [6, 6.07) is 20.4. The van der Waals surface area contributed by atoms with Gasteiger partial charge in [-0.05, 0) is 29.8 Å². The van der Waals surface area contributed by atoms with Gasteiger partial charge in [0.15, 0.2) is 0 Å². The number of ether oxygens (including phenoxy) is 1. The normalized spacial score (nSPS) is 10.7. The average molecular weight is 410 g/mol. The molecule has 0 heterocycles. The second kappa shape index (κ2) is 9.48. The van der Waals surface area contributed by atoms with Gasteiger partial charge in [0.25, 0.3) is 11.6 Å². The van der Waals surface area contributed by atoms with E-state index < -0.39 is 10.8 Å². The van der Waals surface area contributed by atoms with Crippen molar-refractivity contribution in [2.24, 2.45) is 5.10 Å². The number of nitro benzene ring substituents is 1. The summed E-state index contributed by atoms with van der Waals surface area (Å²) in [5.41, 5.74) is 3.63. The number of nitrogens with one attached hydrogen (secondary N) is 1. The van der Waals surface area contributed by atoms with Crippen LogP contribution in [-0.4, -0.2) is 17.0 Å². The van der Waals surface area contributed by atoms with E-state index in [1.54, 1.807) is 24.3 Å². The molecule has 29 heavy (non-hydrogen) atoms. The standard InChI is InChI=1S/C21H16ClN3O4/c22-17-10-11-19(25(27)28)16(12-17)13-23-24-21(26)18-8-4-5-9-20(18)29-14-15-6-2-1-3-7-15/h1-13H,14H2,(H,24,26)/b23-13+. The number of amides is 1. The Morgan fingerprint density at radius 3 is 2.59 bits per heavy atom. The lowest BCUT2D eigenvalue weighted by Crippen LogP contribution is -2.18. The minimum atomic E-state index is -0.549. The molecule has 0 bridgehead atoms. The molecule has 3 aromatic carbocycles. The zero-order valence-corrected chi connectivity index (χ0v) is 15.9. The summed E-state index contributed by atoms with van der Waals surface area (Å²) in [7, 11) is 0. The van der Waals surface area contributed by atoms with Crippen molar-refractivity contribution in [3.63, 3.8) is 0 Å². The molecule has 0 radical (unpaired) electrons. The van der Waals surface area contributed by atoms with Crippen molar-refractivity contribution in [3.05, 3.63) is 105 Å². The van der Waals surface area contributed by atoms with Crippen molar-refractivity contribution >= 4 is 29.4 Å². The highest BCUT2D eigenvalue weighted by molar-refractivity contribution is 6.31. The summed E-state index contributed by atoms with van der Waals surface area (Å²) in [5, 5.41) is 15.2. The molecule has 8 heteroatoms. The molecular formula is C21H16ClN3O4. The Bertz CT molecular complexity index is 1050. The number of carbonyl (C=O) groups is 1. The van der Waals surface area contributed by atoms with Gasteiger partial charge in [0.2, 0.25) is 0 Å². The number of benzene rings is 3. The first-order valence-corrected chi connectivity index (χ1v) is 8.95. The number of hydrazone groups is 1. The molecular weight excluding hydrogens is 394 g/mol. The van der Waals surface area contributed by atoms with Gasteiger partial charge in [0.05, 0.1) is 22.3 Å². The molecule has 146 valence electrons. The molecule has 0 aliphatic heterocycles. The number of carbonyl (C=O) groups excluding carboxylic acids is 1. The minimum Gasteiger partial charge on any atom is -0.488 e. The molecule has 1 N–H and O–H groups in total. The van der Waals surface area contributed by atoms with Gasteiger partial charge in [-0.1, -0.05) is 54.1 Å². The van der Waals surface area contributed by atoms with Crippen LogP contribution in [0.4, 0.5) is 5.69 Å². The number of rotatable bonds is 7. The molecule has 3 rings (SSSR count). The molecule has 1 amide bonds. The lowest BCUT2D eigenvalue weighted by atomic mass is 10.2. The topological polar surface area (TPSA) is 93.8 Å². The lowest BCUT2D eigenvalue weighted by Gasteiger charge is -2.10. The van der Waals surface area contributed by atoms with Crippen LogP contribution >= 0.6 is 11.6 Å². The van der Waals surface area contributed by atoms with Crippen LogP contribution in [0.2, 0.25) is 5.02 Å². The second-order valence-electron chi connectivity index (χ2n) is 5.93. The molecule has 0 fully saturated rings. The van der Waals surface area contributed by atoms with Gasteiger partial charge < -0.3 is 4.74 Å². The Labute approximate surface area is 171 Å². The molecule has 0 unspecified atom stereocenters. The van der Waals surface area contributed by atoms with Gasteiger partial charge in [-0.25, -0.2) is 5.43 Å². The van der Waals surface area contributed by atoms with Gasteiger partial charge in [-0.15, -0.1) is 0 Å². The van der Waals surface area contributed by atoms with Crippen LogP contribution in [0.25, 0.3) is 0 Å². The molecule has 0 saturated heterocycles. The first kappa shape index (κ1) is 20.0. The van der Waals surface area contributed by atoms with Crippen LogP contribution in [0.3, 0.4) is 0 Å². The second-order valence-corrected chi connectivity index (χ2v) is 6.37. The van der Waals surface area contributed by atoms with E-state index in [0.29, 0.717) is 22.9 Å². The molecule has 0 aromatic heterocycles. The monoisotopic (exact) mass is 409 g/mol. The highest BCUT2D eigenvalue weighted by Gasteiger charge is 2.14. The quantitative estimate of drug-likeness (QED) is 0.351. The van der Waals surface area contributed by atoms with Crippen molar-refractivity contribution in [2.45, 2.75) is 6.61 Å². The van der Waals surface area contributed by atoms with Gasteiger partial charge in [-0.2, -0.15) is 5.10 Å². The molecule has 0 saturated carbocycles. The maximum atomic E-state index is 12.5. The summed E-state index contributed by atoms with van der Waals surface area (Å²) in [5.74, 6) is -0.104. The van der Waals surface area contributed by atoms with Crippen molar-refractivity contribution < 1.29 is 14.5 Å². The predicted octanol–water partition coefficient (Wildman–Crippen LogP) is 4.59. The SMILES string of the molecule is O=C(N/N=C/c1cc(Cl)ccc1[N+](=O)[O-])c1ccccc1OCc1ccccc1. The fraction of sp³-hybridized carbons (Fsp3) is 0.0476. The van der Waals surface area contributed by atoms with E-state index in [2.05, 4.69) is 10.5 Å². The number of hydrogen-bond donors (Lipinski definition) is 1. The van der Waals surface area contributed by atoms with Gasteiger partial charge in [-0.3, -0.25) is 14.9 Å². The van der Waals surface area contributed by atoms with E-state index in [0.717, 1.165) is 5.56 Å². The number of nitro groups is 1. The summed E-state index contributed by atoms with van der Waals surface area (Å²) in [6.45, 7) is 0.309. The average Bonchev–Trinajstić information content (AvgIpc) is 2.73. The molecule has 0 spiro atoms. The summed E-state index contributed by atoms with van der Waals surface area (Å²) in [4.78, 5) is 23.0. The molecule has 3 aromatic rings. The van der Waals surface area contributed by atoms with Crippen molar-refractivity contribution in [1.29, 1.82) is 0 Å². The van der Waals surface area contributed by atoms with Crippen LogP contribution in [0.5, 0.6) is 5.75 Å². The summed E-state index contributed by atoms with van der Waals surface area (Å²) < 4.78 is 5.76. The van der Waals surface area contributed by atoms with Crippen LogP contribution in [0.15, 0.2) is 77.9 Å². The number of para-hydroxylation sites is 1. The first-order chi connectivity index (χ1) is 14.0. The fourth-order valence-electron chi connectivity index (χ4n) is 2.53. The molecule has 0 aliphatic carbocycles. The Morgan fingerprint density at radius 1 is 1.10 bits per heavy atom. The van der Waals surface area contributed by atoms with E-state index >= 15 is 0 Å². The first-order valence-electron chi connectivity index (χ1n) is 8.57. The fourth-order valence-corrected chi connectivity index (χ4v) is 2.71. The zero-order chi connectivity index (χ0) is 20.6. The third kappa shape index (κ3) is 5.40. The van der Waals surface area contributed by atoms with Crippen molar-refractivity contribution in [2.75, 3.05) is 0 Å². The van der Waals surface area contributed by atoms with Gasteiger partial charge in [0.1, 0.15) is 12.4 Å². The molecule has 7 nitrogen and oxygen atoms in total. The van der Waals surface area contributed by atoms with Crippen molar-refractivity contribution in [3.8, 4) is 5.75 Å². The van der Waals surface area contributed by atoms with E-state index in [1.807, 2.05) is 30.3 Å². The Morgan fingerprint density at radius 2 is 1.83 bits per heavy atom. The molecule has 0 atom stereocenters. The Hall–Kier alpha value is -3.71.